The van der Waals surface area contributed by atoms with Crippen LogP contribution in [0.15, 0.2) is 62.2 Å². The lowest BCUT2D eigenvalue weighted by atomic mass is 10.3. The number of rotatable bonds is 7. The topological polar surface area (TPSA) is 87.1 Å². The fourth-order valence-electron chi connectivity index (χ4n) is 2.92. The Hall–Kier alpha value is -2.85. The molecule has 1 aromatic carbocycles. The van der Waals surface area contributed by atoms with Crippen molar-refractivity contribution in [3.05, 3.63) is 80.6 Å². The first-order valence-electron chi connectivity index (χ1n) is 9.39. The van der Waals surface area contributed by atoms with E-state index >= 15 is 0 Å². The first-order valence-corrected chi connectivity index (χ1v) is 11.0. The number of benzene rings is 1. The van der Waals surface area contributed by atoms with Crippen molar-refractivity contribution in [3.63, 3.8) is 0 Å². The summed E-state index contributed by atoms with van der Waals surface area (Å²) in [5.74, 6) is 1.23. The van der Waals surface area contributed by atoms with Crippen LogP contribution >= 0.6 is 31.9 Å². The van der Waals surface area contributed by atoms with E-state index in [9.17, 15) is 4.79 Å². The summed E-state index contributed by atoms with van der Waals surface area (Å²) in [7, 11) is 0. The van der Waals surface area contributed by atoms with Crippen LogP contribution in [-0.2, 0) is 13.3 Å². The lowest BCUT2D eigenvalue weighted by molar-refractivity contribution is 0.0994. The lowest BCUT2D eigenvalue weighted by Crippen LogP contribution is -2.10. The smallest absolute Gasteiger partial charge is 0.291 e. The van der Waals surface area contributed by atoms with Gasteiger partial charge in [0.2, 0.25) is 0 Å². The third-order valence-electron chi connectivity index (χ3n) is 4.55. The highest BCUT2D eigenvalue weighted by atomic mass is 79.9. The molecule has 0 spiro atoms. The van der Waals surface area contributed by atoms with Crippen molar-refractivity contribution in [1.29, 1.82) is 0 Å². The van der Waals surface area contributed by atoms with Gasteiger partial charge in [0, 0.05) is 4.47 Å². The third-order valence-corrected chi connectivity index (χ3v) is 6.23. The van der Waals surface area contributed by atoms with Gasteiger partial charge in [0.1, 0.15) is 11.5 Å². The zero-order chi connectivity index (χ0) is 22.0. The van der Waals surface area contributed by atoms with Crippen molar-refractivity contribution in [2.75, 3.05) is 5.32 Å². The minimum absolute atomic E-state index is 0.217. The van der Waals surface area contributed by atoms with Gasteiger partial charge in [-0.3, -0.25) is 9.48 Å². The van der Waals surface area contributed by atoms with Crippen LogP contribution in [0.25, 0.3) is 0 Å². The second-order valence-corrected chi connectivity index (χ2v) is 8.57. The maximum absolute atomic E-state index is 12.5. The van der Waals surface area contributed by atoms with Crippen molar-refractivity contribution in [2.45, 2.75) is 27.1 Å². The quantitative estimate of drug-likeness (QED) is 0.345. The van der Waals surface area contributed by atoms with Crippen LogP contribution in [-0.4, -0.2) is 25.5 Å². The van der Waals surface area contributed by atoms with Crippen molar-refractivity contribution in [3.8, 4) is 5.75 Å². The number of aromatic nitrogens is 4. The molecule has 0 unspecified atom stereocenters. The second-order valence-electron chi connectivity index (χ2n) is 6.86. The van der Waals surface area contributed by atoms with E-state index in [1.165, 1.54) is 0 Å². The number of hydrogen-bond donors (Lipinski definition) is 1. The van der Waals surface area contributed by atoms with Gasteiger partial charge < -0.3 is 14.5 Å². The van der Waals surface area contributed by atoms with Crippen molar-refractivity contribution < 1.29 is 13.9 Å². The van der Waals surface area contributed by atoms with Crippen molar-refractivity contribution in [2.24, 2.45) is 0 Å². The molecule has 0 fully saturated rings. The number of amides is 1. The van der Waals surface area contributed by atoms with Crippen LogP contribution < -0.4 is 10.1 Å². The summed E-state index contributed by atoms with van der Waals surface area (Å²) in [5.41, 5.74) is 2.45. The number of halogens is 2. The summed E-state index contributed by atoms with van der Waals surface area (Å²) in [6.07, 6.45) is 3.24. The predicted molar refractivity (Wildman–Crippen MR) is 122 cm³/mol. The Balaban J connectivity index is 1.34. The maximum atomic E-state index is 12.5. The van der Waals surface area contributed by atoms with E-state index in [0.717, 1.165) is 26.1 Å². The lowest BCUT2D eigenvalue weighted by Gasteiger charge is -2.05. The summed E-state index contributed by atoms with van der Waals surface area (Å²) >= 11 is 6.90. The molecule has 0 aliphatic heterocycles. The predicted octanol–water partition coefficient (Wildman–Crippen LogP) is 5.15. The fraction of sp³-hybridized carbons (Fsp3) is 0.190. The number of anilines is 1. The van der Waals surface area contributed by atoms with Crippen LogP contribution in [0.4, 0.5) is 5.69 Å². The molecule has 1 N–H and O–H groups in total. The summed E-state index contributed by atoms with van der Waals surface area (Å²) in [6.45, 7) is 4.56. The van der Waals surface area contributed by atoms with Gasteiger partial charge >= 0.3 is 0 Å². The second kappa shape index (κ2) is 9.11. The van der Waals surface area contributed by atoms with E-state index in [0.29, 0.717) is 18.0 Å². The van der Waals surface area contributed by atoms with Crippen molar-refractivity contribution in [1.82, 2.24) is 19.6 Å². The molecule has 0 saturated heterocycles. The van der Waals surface area contributed by atoms with Gasteiger partial charge in [-0.2, -0.15) is 10.2 Å². The third kappa shape index (κ3) is 5.08. The zero-order valence-corrected chi connectivity index (χ0v) is 20.0. The molecule has 160 valence electrons. The number of ether oxygens (including phenoxy) is 1. The minimum Gasteiger partial charge on any atom is -0.471 e. The Morgan fingerprint density at radius 3 is 2.65 bits per heavy atom. The number of nitrogens with one attached hydrogen (secondary N) is 1. The van der Waals surface area contributed by atoms with Gasteiger partial charge in [0.25, 0.3) is 5.91 Å². The van der Waals surface area contributed by atoms with Crippen molar-refractivity contribution >= 4 is 43.5 Å². The number of hydrogen-bond acceptors (Lipinski definition) is 5. The molecule has 0 aliphatic carbocycles. The first kappa shape index (κ1) is 21.4. The average Bonchev–Trinajstić information content (AvgIpc) is 3.46. The van der Waals surface area contributed by atoms with Crippen LogP contribution in [0, 0.1) is 13.8 Å². The molecule has 4 rings (SSSR count). The highest BCUT2D eigenvalue weighted by Crippen LogP contribution is 2.21. The van der Waals surface area contributed by atoms with E-state index in [1.54, 1.807) is 29.2 Å². The number of carbonyl (C=O) groups excluding carboxylic acids is 1. The molecule has 0 radical (unpaired) electrons. The summed E-state index contributed by atoms with van der Waals surface area (Å²) < 4.78 is 16.7. The highest BCUT2D eigenvalue weighted by Gasteiger charge is 2.15. The monoisotopic (exact) mass is 547 g/mol. The first-order chi connectivity index (χ1) is 14.9. The van der Waals surface area contributed by atoms with E-state index in [4.69, 9.17) is 9.15 Å². The van der Waals surface area contributed by atoms with Crippen LogP contribution in [0.3, 0.4) is 0 Å². The molecule has 31 heavy (non-hydrogen) atoms. The Morgan fingerprint density at radius 2 is 1.94 bits per heavy atom. The largest absolute Gasteiger partial charge is 0.471 e. The van der Waals surface area contributed by atoms with E-state index < -0.39 is 0 Å². The zero-order valence-electron chi connectivity index (χ0n) is 16.8. The number of furan rings is 1. The molecule has 8 nitrogen and oxygen atoms in total. The number of aryl methyl sites for hydroxylation is 1. The van der Waals surface area contributed by atoms with Crippen LogP contribution in [0.5, 0.6) is 5.75 Å². The van der Waals surface area contributed by atoms with Gasteiger partial charge in [-0.25, -0.2) is 4.68 Å². The Kier molecular flexibility index (Phi) is 6.28. The molecule has 0 bridgehead atoms. The van der Waals surface area contributed by atoms with Gasteiger partial charge in [0.15, 0.2) is 12.5 Å². The van der Waals surface area contributed by atoms with Gasteiger partial charge in [-0.1, -0.05) is 15.9 Å². The van der Waals surface area contributed by atoms with E-state index in [-0.39, 0.29) is 18.4 Å². The number of nitrogens with zero attached hydrogens (tertiary/aromatic N) is 4. The molecule has 0 atom stereocenters. The molecule has 3 heterocycles. The number of carbonyl (C=O) groups is 1. The molecule has 1 amide bonds. The van der Waals surface area contributed by atoms with E-state index in [2.05, 4.69) is 47.4 Å². The average molecular weight is 549 g/mol. The fourth-order valence-corrected chi connectivity index (χ4v) is 3.47. The SMILES string of the molecule is Cc1nn(Cc2ccc(C(=O)Nc3cnn(COc4ccc(Br)cc4)c3)o2)c(C)c1Br. The van der Waals surface area contributed by atoms with Crippen LogP contribution in [0.1, 0.15) is 27.7 Å². The summed E-state index contributed by atoms with van der Waals surface area (Å²) in [5, 5.41) is 11.4. The Labute approximate surface area is 195 Å². The molecule has 10 heteroatoms. The van der Waals surface area contributed by atoms with Gasteiger partial charge in [-0.15, -0.1) is 0 Å². The van der Waals surface area contributed by atoms with Crippen LogP contribution in [0.2, 0.25) is 0 Å². The summed E-state index contributed by atoms with van der Waals surface area (Å²) in [4.78, 5) is 12.5. The minimum atomic E-state index is -0.353. The Bertz CT molecular complexity index is 1210. The highest BCUT2D eigenvalue weighted by molar-refractivity contribution is 9.10. The normalized spacial score (nSPS) is 11.0. The van der Waals surface area contributed by atoms with Gasteiger partial charge in [0.05, 0.1) is 40.5 Å². The molecular weight excluding hydrogens is 530 g/mol. The molecular formula is C21H19Br2N5O3. The van der Waals surface area contributed by atoms with Gasteiger partial charge in [-0.05, 0) is 66.2 Å². The maximum Gasteiger partial charge on any atom is 0.291 e. The molecule has 0 aliphatic rings. The molecule has 3 aromatic heterocycles. The standard InChI is InChI=1S/C21H19Br2N5O3/c1-13-20(23)14(2)28(26-13)11-18-7-8-19(31-18)21(29)25-16-9-24-27(10-16)12-30-17-5-3-15(22)4-6-17/h3-10H,11-12H2,1-2H3,(H,25,29). The van der Waals surface area contributed by atoms with E-state index in [1.807, 2.05) is 42.8 Å². The molecule has 4 aromatic rings. The Morgan fingerprint density at radius 1 is 1.16 bits per heavy atom. The molecule has 0 saturated carbocycles. The summed E-state index contributed by atoms with van der Waals surface area (Å²) in [6, 6.07) is 10.9.